The molecule has 0 aliphatic rings. The van der Waals surface area contributed by atoms with Crippen molar-refractivity contribution in [1.82, 2.24) is 5.43 Å². The highest BCUT2D eigenvalue weighted by atomic mass is 35.5. The van der Waals surface area contributed by atoms with E-state index in [4.69, 9.17) is 27.9 Å². The third-order valence-corrected chi connectivity index (χ3v) is 4.63. The van der Waals surface area contributed by atoms with E-state index in [-0.39, 0.29) is 0 Å². The zero-order chi connectivity index (χ0) is 23.1. The molecule has 0 heterocycles. The van der Waals surface area contributed by atoms with Crippen molar-refractivity contribution in [2.45, 2.75) is 6.92 Å². The lowest BCUT2D eigenvalue weighted by molar-refractivity contribution is -0.136. The molecule has 7 nitrogen and oxygen atoms in total. The number of carbonyl (C=O) groups is 3. The monoisotopic (exact) mass is 469 g/mol. The van der Waals surface area contributed by atoms with Crippen LogP contribution >= 0.6 is 23.2 Å². The number of hydrogen-bond acceptors (Lipinski definition) is 5. The maximum Gasteiger partial charge on any atom is 0.343 e. The number of esters is 1. The molecule has 0 radical (unpaired) electrons. The molecule has 9 heteroatoms. The van der Waals surface area contributed by atoms with Gasteiger partial charge in [-0.05, 0) is 73.2 Å². The lowest BCUT2D eigenvalue weighted by Crippen LogP contribution is -2.32. The second-order valence-corrected chi connectivity index (χ2v) is 7.40. The summed E-state index contributed by atoms with van der Waals surface area (Å²) in [7, 11) is 0. The van der Waals surface area contributed by atoms with Gasteiger partial charge in [0.1, 0.15) is 5.75 Å². The first-order valence-electron chi connectivity index (χ1n) is 9.31. The fourth-order valence-electron chi connectivity index (χ4n) is 2.55. The highest BCUT2D eigenvalue weighted by molar-refractivity contribution is 6.40. The summed E-state index contributed by atoms with van der Waals surface area (Å²) in [5.41, 5.74) is 4.02. The smallest absolute Gasteiger partial charge is 0.343 e. The van der Waals surface area contributed by atoms with Gasteiger partial charge in [-0.3, -0.25) is 9.59 Å². The van der Waals surface area contributed by atoms with Crippen molar-refractivity contribution in [3.05, 3.63) is 94.0 Å². The van der Waals surface area contributed by atoms with Gasteiger partial charge in [-0.25, -0.2) is 10.2 Å². The van der Waals surface area contributed by atoms with Crippen LogP contribution in [-0.2, 0) is 9.59 Å². The van der Waals surface area contributed by atoms with Crippen molar-refractivity contribution in [3.63, 3.8) is 0 Å². The zero-order valence-corrected chi connectivity index (χ0v) is 18.3. The predicted molar refractivity (Wildman–Crippen MR) is 123 cm³/mol. The SMILES string of the molecule is CC(=NNC(=O)C(=O)Nc1cccc(Cl)c1)c1ccc(OC(=O)c2cccc(Cl)c2)cc1. The summed E-state index contributed by atoms with van der Waals surface area (Å²) >= 11 is 11.7. The number of amides is 2. The number of benzene rings is 3. The van der Waals surface area contributed by atoms with Gasteiger partial charge < -0.3 is 10.1 Å². The van der Waals surface area contributed by atoms with Gasteiger partial charge in [-0.1, -0.05) is 35.3 Å². The molecule has 0 fully saturated rings. The summed E-state index contributed by atoms with van der Waals surface area (Å²) in [6.45, 7) is 1.65. The van der Waals surface area contributed by atoms with Crippen molar-refractivity contribution in [1.29, 1.82) is 0 Å². The van der Waals surface area contributed by atoms with Crippen LogP contribution in [0.2, 0.25) is 10.0 Å². The van der Waals surface area contributed by atoms with Crippen LogP contribution in [0.3, 0.4) is 0 Å². The molecule has 0 spiro atoms. The molecular formula is C23H17Cl2N3O4. The first-order chi connectivity index (χ1) is 15.3. The number of carbonyl (C=O) groups excluding carboxylic acids is 3. The number of anilines is 1. The van der Waals surface area contributed by atoms with E-state index in [0.717, 1.165) is 0 Å². The van der Waals surface area contributed by atoms with Gasteiger partial charge in [-0.15, -0.1) is 0 Å². The Bertz CT molecular complexity index is 1190. The average Bonchev–Trinajstić information content (AvgIpc) is 2.77. The minimum absolute atomic E-state index is 0.330. The molecule has 0 aliphatic carbocycles. The summed E-state index contributed by atoms with van der Waals surface area (Å²) in [6.07, 6.45) is 0. The van der Waals surface area contributed by atoms with Gasteiger partial charge in [0.05, 0.1) is 11.3 Å². The van der Waals surface area contributed by atoms with Crippen molar-refractivity contribution >= 4 is 52.4 Å². The Hall–Kier alpha value is -3.68. The predicted octanol–water partition coefficient (Wildman–Crippen LogP) is 4.69. The topological polar surface area (TPSA) is 96.9 Å². The largest absolute Gasteiger partial charge is 0.423 e. The minimum atomic E-state index is -0.934. The molecule has 2 amide bonds. The van der Waals surface area contributed by atoms with E-state index in [1.807, 2.05) is 0 Å². The first-order valence-corrected chi connectivity index (χ1v) is 10.1. The molecule has 0 saturated carbocycles. The number of ether oxygens (including phenoxy) is 1. The van der Waals surface area contributed by atoms with Crippen LogP contribution in [0.4, 0.5) is 5.69 Å². The van der Waals surface area contributed by atoms with Crippen molar-refractivity contribution < 1.29 is 19.1 Å². The van der Waals surface area contributed by atoms with Crippen LogP contribution in [-0.4, -0.2) is 23.5 Å². The molecule has 0 aromatic heterocycles. The van der Waals surface area contributed by atoms with Crippen LogP contribution in [0.5, 0.6) is 5.75 Å². The van der Waals surface area contributed by atoms with Gasteiger partial charge in [0, 0.05) is 15.7 Å². The second kappa shape index (κ2) is 10.6. The number of hydrogen-bond donors (Lipinski definition) is 2. The molecule has 2 N–H and O–H groups in total. The number of halogens is 2. The lowest BCUT2D eigenvalue weighted by Gasteiger charge is -2.07. The standard InChI is InChI=1S/C23H17Cl2N3O4/c1-14(27-28-22(30)21(29)26-19-7-3-6-18(25)13-19)15-8-10-20(11-9-15)32-23(31)16-4-2-5-17(24)12-16/h2-13H,1H3,(H,26,29)(H,28,30). The molecule has 0 bridgehead atoms. The minimum Gasteiger partial charge on any atom is -0.423 e. The summed E-state index contributed by atoms with van der Waals surface area (Å²) in [5.74, 6) is -2.02. The maximum absolute atomic E-state index is 12.2. The molecule has 0 aliphatic heterocycles. The third kappa shape index (κ3) is 6.41. The Morgan fingerprint density at radius 1 is 0.812 bits per heavy atom. The van der Waals surface area contributed by atoms with Crippen LogP contribution in [0.15, 0.2) is 77.9 Å². The van der Waals surface area contributed by atoms with Crippen molar-refractivity contribution in [2.75, 3.05) is 5.32 Å². The highest BCUT2D eigenvalue weighted by Crippen LogP contribution is 2.17. The fourth-order valence-corrected chi connectivity index (χ4v) is 2.93. The summed E-state index contributed by atoms with van der Waals surface area (Å²) in [6, 6.07) is 19.4. The number of nitrogens with zero attached hydrogens (tertiary/aromatic N) is 1. The Morgan fingerprint density at radius 3 is 2.12 bits per heavy atom. The molecule has 0 atom stereocenters. The van der Waals surface area contributed by atoms with Crippen molar-refractivity contribution in [3.8, 4) is 5.75 Å². The van der Waals surface area contributed by atoms with Gasteiger partial charge in [-0.2, -0.15) is 5.10 Å². The quantitative estimate of drug-likeness (QED) is 0.186. The van der Waals surface area contributed by atoms with Gasteiger partial charge >= 0.3 is 17.8 Å². The molecule has 3 aromatic carbocycles. The van der Waals surface area contributed by atoms with E-state index in [2.05, 4.69) is 15.8 Å². The molecule has 0 saturated heterocycles. The zero-order valence-electron chi connectivity index (χ0n) is 16.8. The van der Waals surface area contributed by atoms with E-state index in [1.165, 1.54) is 12.1 Å². The highest BCUT2D eigenvalue weighted by Gasteiger charge is 2.14. The Labute approximate surface area is 194 Å². The van der Waals surface area contributed by atoms with E-state index < -0.39 is 17.8 Å². The van der Waals surface area contributed by atoms with E-state index in [1.54, 1.807) is 67.6 Å². The molecule has 3 rings (SSSR count). The number of hydrazone groups is 1. The Kier molecular flexibility index (Phi) is 7.59. The second-order valence-electron chi connectivity index (χ2n) is 6.53. The summed E-state index contributed by atoms with van der Waals surface area (Å²) in [4.78, 5) is 36.1. The van der Waals surface area contributed by atoms with Gasteiger partial charge in [0.25, 0.3) is 0 Å². The summed E-state index contributed by atoms with van der Waals surface area (Å²) < 4.78 is 5.32. The molecule has 3 aromatic rings. The van der Waals surface area contributed by atoms with Crippen LogP contribution in [0, 0.1) is 0 Å². The van der Waals surface area contributed by atoms with E-state index >= 15 is 0 Å². The van der Waals surface area contributed by atoms with E-state index in [9.17, 15) is 14.4 Å². The molecular weight excluding hydrogens is 453 g/mol. The normalized spacial score (nSPS) is 10.9. The lowest BCUT2D eigenvalue weighted by atomic mass is 10.1. The van der Waals surface area contributed by atoms with Crippen LogP contribution < -0.4 is 15.5 Å². The third-order valence-electron chi connectivity index (χ3n) is 4.16. The van der Waals surface area contributed by atoms with Gasteiger partial charge in [0.15, 0.2) is 0 Å². The Balaban J connectivity index is 1.57. The number of nitrogens with one attached hydrogen (secondary N) is 2. The van der Waals surface area contributed by atoms with E-state index in [0.29, 0.717) is 38.3 Å². The first kappa shape index (κ1) is 23.0. The molecule has 162 valence electrons. The average molecular weight is 470 g/mol. The van der Waals surface area contributed by atoms with Crippen molar-refractivity contribution in [2.24, 2.45) is 5.10 Å². The maximum atomic E-state index is 12.2. The number of rotatable bonds is 5. The summed E-state index contributed by atoms with van der Waals surface area (Å²) in [5, 5.41) is 7.22. The Morgan fingerprint density at radius 2 is 1.47 bits per heavy atom. The fraction of sp³-hybridized carbons (Fsp3) is 0.0435. The van der Waals surface area contributed by atoms with Crippen LogP contribution in [0.1, 0.15) is 22.8 Å². The van der Waals surface area contributed by atoms with Crippen LogP contribution in [0.25, 0.3) is 0 Å². The molecule has 32 heavy (non-hydrogen) atoms. The van der Waals surface area contributed by atoms with Gasteiger partial charge in [0.2, 0.25) is 0 Å². The molecule has 0 unspecified atom stereocenters.